The smallest absolute Gasteiger partial charge is 0.0239 e. The van der Waals surface area contributed by atoms with E-state index in [1.807, 2.05) is 0 Å². The highest BCUT2D eigenvalue weighted by atomic mass is 79.9. The maximum Gasteiger partial charge on any atom is 0.0239 e. The largest absolute Gasteiger partial charge is 0.296 e. The van der Waals surface area contributed by atoms with Gasteiger partial charge in [-0.2, -0.15) is 0 Å². The van der Waals surface area contributed by atoms with Gasteiger partial charge in [0.05, 0.1) is 0 Å². The van der Waals surface area contributed by atoms with Crippen molar-refractivity contribution in [3.8, 4) is 0 Å². The van der Waals surface area contributed by atoms with Crippen LogP contribution >= 0.6 is 15.9 Å². The summed E-state index contributed by atoms with van der Waals surface area (Å²) < 4.78 is 0. The molecule has 1 nitrogen and oxygen atoms in total. The molecule has 0 aromatic heterocycles. The quantitative estimate of drug-likeness (QED) is 0.739. The van der Waals surface area contributed by atoms with Gasteiger partial charge in [0.15, 0.2) is 0 Å². The van der Waals surface area contributed by atoms with E-state index in [1.54, 1.807) is 0 Å². The zero-order chi connectivity index (χ0) is 11.3. The van der Waals surface area contributed by atoms with Gasteiger partial charge in [0.2, 0.25) is 0 Å². The van der Waals surface area contributed by atoms with E-state index >= 15 is 0 Å². The molecule has 1 aromatic rings. The van der Waals surface area contributed by atoms with Gasteiger partial charge >= 0.3 is 0 Å². The van der Waals surface area contributed by atoms with Gasteiger partial charge < -0.3 is 0 Å². The average Bonchev–Trinajstić information content (AvgIpc) is 2.20. The molecular formula is C13H20BrN. The fourth-order valence-electron chi connectivity index (χ4n) is 1.63. The van der Waals surface area contributed by atoms with Crippen LogP contribution in [0.2, 0.25) is 0 Å². The van der Waals surface area contributed by atoms with Crippen LogP contribution in [0.15, 0.2) is 24.3 Å². The molecule has 0 aliphatic rings. The Bertz CT molecular complexity index is 296. The van der Waals surface area contributed by atoms with Crippen LogP contribution in [0.3, 0.4) is 0 Å². The maximum absolute atomic E-state index is 3.51. The fourth-order valence-corrected chi connectivity index (χ4v) is 2.09. The van der Waals surface area contributed by atoms with Crippen LogP contribution in [0.4, 0.5) is 0 Å². The van der Waals surface area contributed by atoms with Crippen molar-refractivity contribution in [1.29, 1.82) is 0 Å². The van der Waals surface area contributed by atoms with Gasteiger partial charge in [-0.1, -0.05) is 40.2 Å². The number of hydrogen-bond acceptors (Lipinski definition) is 1. The second-order valence-electron chi connectivity index (χ2n) is 4.18. The summed E-state index contributed by atoms with van der Waals surface area (Å²) in [5.74, 6) is 0. The lowest BCUT2D eigenvalue weighted by Crippen LogP contribution is -2.32. The number of hydrogen-bond donors (Lipinski definition) is 0. The molecule has 0 atom stereocenters. The molecule has 0 radical (unpaired) electrons. The van der Waals surface area contributed by atoms with Gasteiger partial charge in [-0.05, 0) is 31.9 Å². The van der Waals surface area contributed by atoms with Crippen molar-refractivity contribution in [2.75, 3.05) is 11.9 Å². The van der Waals surface area contributed by atoms with E-state index in [9.17, 15) is 0 Å². The molecule has 0 fully saturated rings. The highest BCUT2D eigenvalue weighted by Crippen LogP contribution is 2.12. The second-order valence-corrected chi connectivity index (χ2v) is 4.97. The number of alkyl halides is 1. The fraction of sp³-hybridized carbons (Fsp3) is 0.538. The molecule has 0 spiro atoms. The second kappa shape index (κ2) is 6.29. The predicted molar refractivity (Wildman–Crippen MR) is 70.5 cm³/mol. The van der Waals surface area contributed by atoms with Crippen molar-refractivity contribution in [2.45, 2.75) is 33.4 Å². The Morgan fingerprint density at radius 1 is 1.27 bits per heavy atom. The minimum Gasteiger partial charge on any atom is -0.296 e. The van der Waals surface area contributed by atoms with Gasteiger partial charge in [0.25, 0.3) is 0 Å². The molecule has 0 bridgehead atoms. The van der Waals surface area contributed by atoms with Crippen LogP contribution in [-0.2, 0) is 6.54 Å². The molecule has 84 valence electrons. The molecule has 0 amide bonds. The zero-order valence-electron chi connectivity index (χ0n) is 9.83. The van der Waals surface area contributed by atoms with Gasteiger partial charge in [-0.15, -0.1) is 0 Å². The molecule has 1 rings (SSSR count). The molecule has 0 N–H and O–H groups in total. The zero-order valence-corrected chi connectivity index (χ0v) is 11.4. The monoisotopic (exact) mass is 269 g/mol. The topological polar surface area (TPSA) is 3.24 Å². The summed E-state index contributed by atoms with van der Waals surface area (Å²) in [6.45, 7) is 8.84. The first-order chi connectivity index (χ1) is 7.15. The molecule has 0 heterocycles. The Kier molecular flexibility index (Phi) is 5.34. The van der Waals surface area contributed by atoms with Gasteiger partial charge in [-0.25, -0.2) is 0 Å². The van der Waals surface area contributed by atoms with Gasteiger partial charge in [0.1, 0.15) is 0 Å². The van der Waals surface area contributed by atoms with Gasteiger partial charge in [-0.3, -0.25) is 4.90 Å². The summed E-state index contributed by atoms with van der Waals surface area (Å²) in [6, 6.07) is 9.22. The van der Waals surface area contributed by atoms with Crippen LogP contribution in [0.5, 0.6) is 0 Å². The average molecular weight is 270 g/mol. The lowest BCUT2D eigenvalue weighted by Gasteiger charge is -2.26. The van der Waals surface area contributed by atoms with Crippen molar-refractivity contribution >= 4 is 15.9 Å². The van der Waals surface area contributed by atoms with E-state index in [4.69, 9.17) is 0 Å². The van der Waals surface area contributed by atoms with Crippen LogP contribution in [0.1, 0.15) is 25.0 Å². The minimum atomic E-state index is 0.599. The van der Waals surface area contributed by atoms with Gasteiger partial charge in [0, 0.05) is 24.5 Å². The highest BCUT2D eigenvalue weighted by Gasteiger charge is 2.09. The Morgan fingerprint density at radius 3 is 2.47 bits per heavy atom. The first-order valence-electron chi connectivity index (χ1n) is 5.49. The van der Waals surface area contributed by atoms with Crippen LogP contribution in [0, 0.1) is 6.92 Å². The molecular weight excluding hydrogens is 250 g/mol. The molecule has 0 saturated carbocycles. The van der Waals surface area contributed by atoms with E-state index in [-0.39, 0.29) is 0 Å². The Labute approximate surface area is 102 Å². The first kappa shape index (κ1) is 12.7. The molecule has 0 aliphatic heterocycles. The summed E-state index contributed by atoms with van der Waals surface area (Å²) in [4.78, 5) is 2.48. The third kappa shape index (κ3) is 3.96. The number of rotatable bonds is 5. The summed E-state index contributed by atoms with van der Waals surface area (Å²) in [5, 5.41) is 1.04. The molecule has 2 heteroatoms. The number of nitrogens with zero attached hydrogens (tertiary/aromatic N) is 1. The van der Waals surface area contributed by atoms with Crippen LogP contribution in [0.25, 0.3) is 0 Å². The van der Waals surface area contributed by atoms with E-state index in [1.165, 1.54) is 11.1 Å². The molecule has 0 unspecified atom stereocenters. The molecule has 15 heavy (non-hydrogen) atoms. The number of benzene rings is 1. The predicted octanol–water partition coefficient (Wildman–Crippen LogP) is 3.60. The van der Waals surface area contributed by atoms with Crippen molar-refractivity contribution in [2.24, 2.45) is 0 Å². The third-order valence-corrected chi connectivity index (χ3v) is 3.09. The summed E-state index contributed by atoms with van der Waals surface area (Å²) >= 11 is 3.51. The minimum absolute atomic E-state index is 0.599. The van der Waals surface area contributed by atoms with Crippen LogP contribution < -0.4 is 0 Å². The van der Waals surface area contributed by atoms with Crippen LogP contribution in [-0.4, -0.2) is 22.8 Å². The van der Waals surface area contributed by atoms with Crippen molar-refractivity contribution in [1.82, 2.24) is 4.90 Å². The van der Waals surface area contributed by atoms with E-state index in [0.29, 0.717) is 6.04 Å². The molecule has 1 aromatic carbocycles. The van der Waals surface area contributed by atoms with Crippen molar-refractivity contribution < 1.29 is 0 Å². The van der Waals surface area contributed by atoms with Crippen molar-refractivity contribution in [3.05, 3.63) is 35.4 Å². The Hall–Kier alpha value is -0.340. The first-order valence-corrected chi connectivity index (χ1v) is 6.61. The number of halogens is 1. The normalized spacial score (nSPS) is 11.3. The molecule has 0 saturated heterocycles. The van der Waals surface area contributed by atoms with Crippen molar-refractivity contribution in [3.63, 3.8) is 0 Å². The summed E-state index contributed by atoms with van der Waals surface area (Å²) in [7, 11) is 0. The SMILES string of the molecule is Cc1ccccc1CN(CCBr)C(C)C. The number of aryl methyl sites for hydroxylation is 1. The maximum atomic E-state index is 3.51. The summed E-state index contributed by atoms with van der Waals surface area (Å²) in [5.41, 5.74) is 2.82. The Balaban J connectivity index is 2.69. The van der Waals surface area contributed by atoms with E-state index < -0.39 is 0 Å². The standard InChI is InChI=1S/C13H20BrN/c1-11(2)15(9-8-14)10-13-7-5-4-6-12(13)3/h4-7,11H,8-10H2,1-3H3. The Morgan fingerprint density at radius 2 is 1.93 bits per heavy atom. The highest BCUT2D eigenvalue weighted by molar-refractivity contribution is 9.09. The van der Waals surface area contributed by atoms with E-state index in [0.717, 1.165) is 18.4 Å². The third-order valence-electron chi connectivity index (χ3n) is 2.74. The lowest BCUT2D eigenvalue weighted by atomic mass is 10.1. The lowest BCUT2D eigenvalue weighted by molar-refractivity contribution is 0.227. The summed E-state index contributed by atoms with van der Waals surface area (Å²) in [6.07, 6.45) is 0. The van der Waals surface area contributed by atoms with E-state index in [2.05, 4.69) is 65.9 Å². The molecule has 0 aliphatic carbocycles.